The Morgan fingerprint density at radius 2 is 1.81 bits per heavy atom. The number of nitrogens with one attached hydrogen (secondary N) is 1. The maximum Gasteiger partial charge on any atom is 0.252 e. The average Bonchev–Trinajstić information content (AvgIpc) is 3.07. The summed E-state index contributed by atoms with van der Waals surface area (Å²) in [6.07, 6.45) is 1.74. The fourth-order valence-corrected chi connectivity index (χ4v) is 4.07. The van der Waals surface area contributed by atoms with Crippen LogP contribution in [0, 0.1) is 6.92 Å². The van der Waals surface area contributed by atoms with Gasteiger partial charge in [0.25, 0.3) is 5.91 Å². The number of thiazole rings is 1. The largest absolute Gasteiger partial charge is 0.352 e. The molecule has 0 aliphatic heterocycles. The summed E-state index contributed by atoms with van der Waals surface area (Å²) in [5, 5.41) is 5.04. The van der Waals surface area contributed by atoms with Crippen molar-refractivity contribution in [2.24, 2.45) is 0 Å². The molecule has 4 aromatic rings. The number of rotatable bonds is 5. The van der Waals surface area contributed by atoms with E-state index in [2.05, 4.69) is 21.4 Å². The predicted octanol–water partition coefficient (Wildman–Crippen LogP) is 4.52. The molecule has 130 valence electrons. The van der Waals surface area contributed by atoms with Crippen LogP contribution < -0.4 is 5.32 Å². The van der Waals surface area contributed by atoms with Crippen LogP contribution in [0.3, 0.4) is 0 Å². The van der Waals surface area contributed by atoms with Crippen molar-refractivity contribution < 1.29 is 4.79 Å². The first-order chi connectivity index (χ1) is 12.7. The first-order valence-electron chi connectivity index (χ1n) is 8.70. The highest BCUT2D eigenvalue weighted by atomic mass is 32.1. The molecular weight excluding hydrogens is 342 g/mol. The zero-order valence-electron chi connectivity index (χ0n) is 14.5. The molecule has 0 saturated carbocycles. The standard InChI is InChI=1S/C21H19N3OS/c1-14-13-16(15-7-2-3-8-17(15)23-14)21(25)22-12-6-11-20-24-18-9-4-5-10-19(18)26-20/h2-5,7-10,13H,6,11-12H2,1H3,(H,22,25). The van der Waals surface area contributed by atoms with Crippen molar-refractivity contribution in [2.75, 3.05) is 6.54 Å². The maximum atomic E-state index is 12.6. The minimum Gasteiger partial charge on any atom is -0.352 e. The number of aryl methyl sites for hydroxylation is 2. The van der Waals surface area contributed by atoms with Crippen LogP contribution in [0.2, 0.25) is 0 Å². The Hall–Kier alpha value is -2.79. The smallest absolute Gasteiger partial charge is 0.252 e. The van der Waals surface area contributed by atoms with E-state index in [1.165, 1.54) is 4.70 Å². The van der Waals surface area contributed by atoms with Crippen molar-refractivity contribution in [1.82, 2.24) is 15.3 Å². The molecule has 1 amide bonds. The Morgan fingerprint density at radius 1 is 1.04 bits per heavy atom. The quantitative estimate of drug-likeness (QED) is 0.532. The molecule has 4 nitrogen and oxygen atoms in total. The molecule has 4 rings (SSSR count). The van der Waals surface area contributed by atoms with Gasteiger partial charge in [-0.25, -0.2) is 4.98 Å². The Kier molecular flexibility index (Phi) is 4.63. The summed E-state index contributed by atoms with van der Waals surface area (Å²) < 4.78 is 1.21. The van der Waals surface area contributed by atoms with Gasteiger partial charge in [0.2, 0.25) is 0 Å². The molecule has 1 N–H and O–H groups in total. The monoisotopic (exact) mass is 361 g/mol. The Balaban J connectivity index is 1.40. The van der Waals surface area contributed by atoms with E-state index in [1.54, 1.807) is 11.3 Å². The molecule has 0 aliphatic rings. The first kappa shape index (κ1) is 16.7. The van der Waals surface area contributed by atoms with Crippen LogP contribution in [0.4, 0.5) is 0 Å². The lowest BCUT2D eigenvalue weighted by Gasteiger charge is -2.08. The summed E-state index contributed by atoms with van der Waals surface area (Å²) in [6, 6.07) is 17.8. The van der Waals surface area contributed by atoms with Crippen LogP contribution in [0.15, 0.2) is 54.6 Å². The zero-order valence-corrected chi connectivity index (χ0v) is 15.3. The van der Waals surface area contributed by atoms with Crippen molar-refractivity contribution >= 4 is 38.4 Å². The van der Waals surface area contributed by atoms with Crippen molar-refractivity contribution in [1.29, 1.82) is 0 Å². The Morgan fingerprint density at radius 3 is 2.65 bits per heavy atom. The summed E-state index contributed by atoms with van der Waals surface area (Å²) in [5.74, 6) is -0.0454. The fourth-order valence-electron chi connectivity index (χ4n) is 3.06. The lowest BCUT2D eigenvalue weighted by molar-refractivity contribution is 0.0954. The van der Waals surface area contributed by atoms with E-state index >= 15 is 0 Å². The molecule has 0 atom stereocenters. The van der Waals surface area contributed by atoms with Gasteiger partial charge in [-0.1, -0.05) is 30.3 Å². The van der Waals surface area contributed by atoms with Gasteiger partial charge in [0, 0.05) is 24.0 Å². The van der Waals surface area contributed by atoms with Crippen molar-refractivity contribution in [3.8, 4) is 0 Å². The van der Waals surface area contributed by atoms with Crippen LogP contribution in [-0.2, 0) is 6.42 Å². The number of aromatic nitrogens is 2. The molecule has 2 aromatic heterocycles. The molecule has 5 heteroatoms. The summed E-state index contributed by atoms with van der Waals surface area (Å²) in [4.78, 5) is 21.7. The number of pyridine rings is 1. The number of nitrogens with zero attached hydrogens (tertiary/aromatic N) is 2. The van der Waals surface area contributed by atoms with Gasteiger partial charge < -0.3 is 5.32 Å². The second kappa shape index (κ2) is 7.22. The van der Waals surface area contributed by atoms with Gasteiger partial charge in [-0.3, -0.25) is 9.78 Å². The van der Waals surface area contributed by atoms with Crippen molar-refractivity contribution in [3.63, 3.8) is 0 Å². The second-order valence-corrected chi connectivity index (χ2v) is 7.38. The highest BCUT2D eigenvalue weighted by Gasteiger charge is 2.11. The molecule has 26 heavy (non-hydrogen) atoms. The van der Waals surface area contributed by atoms with Gasteiger partial charge in [0.15, 0.2) is 0 Å². The number of hydrogen-bond donors (Lipinski definition) is 1. The van der Waals surface area contributed by atoms with Crippen molar-refractivity contribution in [3.05, 3.63) is 70.9 Å². The summed E-state index contributed by atoms with van der Waals surface area (Å²) >= 11 is 1.72. The third-order valence-corrected chi connectivity index (χ3v) is 5.38. The predicted molar refractivity (Wildman–Crippen MR) is 107 cm³/mol. The van der Waals surface area contributed by atoms with Crippen molar-refractivity contribution in [2.45, 2.75) is 19.8 Å². The number of amides is 1. The molecule has 2 heterocycles. The maximum absolute atomic E-state index is 12.6. The van der Waals surface area contributed by atoms with Crippen LogP contribution in [0.25, 0.3) is 21.1 Å². The van der Waals surface area contributed by atoms with Gasteiger partial charge in [0.05, 0.1) is 26.3 Å². The molecule has 0 bridgehead atoms. The molecule has 0 saturated heterocycles. The minimum absolute atomic E-state index is 0.0454. The number of hydrogen-bond acceptors (Lipinski definition) is 4. The Labute approximate surface area is 155 Å². The second-order valence-electron chi connectivity index (χ2n) is 6.26. The number of carbonyl (C=O) groups excluding carboxylic acids is 1. The van der Waals surface area contributed by atoms with E-state index in [9.17, 15) is 4.79 Å². The number of carbonyl (C=O) groups is 1. The number of para-hydroxylation sites is 2. The molecule has 0 unspecified atom stereocenters. The third kappa shape index (κ3) is 3.44. The molecule has 2 aromatic carbocycles. The molecule has 0 fully saturated rings. The number of benzene rings is 2. The van der Waals surface area contributed by atoms with E-state index in [0.29, 0.717) is 12.1 Å². The van der Waals surface area contributed by atoms with Crippen LogP contribution in [0.1, 0.15) is 27.5 Å². The van der Waals surface area contributed by atoms with E-state index in [-0.39, 0.29) is 5.91 Å². The highest BCUT2D eigenvalue weighted by molar-refractivity contribution is 7.18. The normalized spacial score (nSPS) is 11.1. The first-order valence-corrected chi connectivity index (χ1v) is 9.51. The Bertz CT molecular complexity index is 1050. The van der Waals surface area contributed by atoms with Crippen LogP contribution >= 0.6 is 11.3 Å². The number of fused-ring (bicyclic) bond motifs is 2. The lowest BCUT2D eigenvalue weighted by Crippen LogP contribution is -2.25. The lowest BCUT2D eigenvalue weighted by atomic mass is 10.1. The fraction of sp³-hybridized carbons (Fsp3) is 0.190. The molecular formula is C21H19N3OS. The molecule has 0 radical (unpaired) electrons. The van der Waals surface area contributed by atoms with E-state index < -0.39 is 0 Å². The van der Waals surface area contributed by atoms with Gasteiger partial charge in [0.1, 0.15) is 0 Å². The van der Waals surface area contributed by atoms with E-state index in [0.717, 1.165) is 40.0 Å². The summed E-state index contributed by atoms with van der Waals surface area (Å²) in [5.41, 5.74) is 3.44. The average molecular weight is 361 g/mol. The topological polar surface area (TPSA) is 54.9 Å². The van der Waals surface area contributed by atoms with Gasteiger partial charge >= 0.3 is 0 Å². The van der Waals surface area contributed by atoms with Crippen LogP contribution in [-0.4, -0.2) is 22.4 Å². The molecule has 0 spiro atoms. The zero-order chi connectivity index (χ0) is 17.9. The highest BCUT2D eigenvalue weighted by Crippen LogP contribution is 2.22. The van der Waals surface area contributed by atoms with E-state index in [1.807, 2.05) is 55.5 Å². The minimum atomic E-state index is -0.0454. The van der Waals surface area contributed by atoms with Gasteiger partial charge in [-0.15, -0.1) is 11.3 Å². The SMILES string of the molecule is Cc1cc(C(=O)NCCCc2nc3ccccc3s2)c2ccccc2n1. The van der Waals surface area contributed by atoms with E-state index in [4.69, 9.17) is 0 Å². The summed E-state index contributed by atoms with van der Waals surface area (Å²) in [6.45, 7) is 2.54. The van der Waals surface area contributed by atoms with Crippen LogP contribution in [0.5, 0.6) is 0 Å². The van der Waals surface area contributed by atoms with Gasteiger partial charge in [-0.05, 0) is 37.6 Å². The summed E-state index contributed by atoms with van der Waals surface area (Å²) in [7, 11) is 0. The van der Waals surface area contributed by atoms with Gasteiger partial charge in [-0.2, -0.15) is 0 Å². The third-order valence-electron chi connectivity index (χ3n) is 4.28. The molecule has 0 aliphatic carbocycles.